The van der Waals surface area contributed by atoms with Crippen LogP contribution in [0.4, 0.5) is 10.1 Å². The number of halogens is 2. The lowest BCUT2D eigenvalue weighted by molar-refractivity contribution is 0.0658. The SMILES string of the molecule is Cc1cc(C)c(OCC(O)CN2CCN(c3ccccc3F)CC2)c(C)c1.Cl. The van der Waals surface area contributed by atoms with E-state index in [2.05, 4.69) is 28.9 Å². The highest BCUT2D eigenvalue weighted by Crippen LogP contribution is 2.25. The summed E-state index contributed by atoms with van der Waals surface area (Å²) < 4.78 is 19.8. The number of nitrogens with zero attached hydrogens (tertiary/aromatic N) is 2. The molecule has 0 aliphatic carbocycles. The molecular formula is C22H30ClFN2O2. The predicted molar refractivity (Wildman–Crippen MR) is 114 cm³/mol. The number of β-amino-alcohol motifs (C(OH)–C–C–N with tert-alkyl or cyclic N) is 1. The van der Waals surface area contributed by atoms with Crippen LogP contribution in [-0.4, -0.2) is 55.4 Å². The highest BCUT2D eigenvalue weighted by atomic mass is 35.5. The van der Waals surface area contributed by atoms with Crippen molar-refractivity contribution >= 4 is 18.1 Å². The van der Waals surface area contributed by atoms with Crippen LogP contribution < -0.4 is 9.64 Å². The third-order valence-corrected chi connectivity index (χ3v) is 5.06. The molecule has 1 fully saturated rings. The number of aliphatic hydroxyl groups is 1. The maximum atomic E-state index is 13.9. The number of hydrogen-bond acceptors (Lipinski definition) is 4. The van der Waals surface area contributed by atoms with Crippen molar-refractivity contribution in [3.05, 3.63) is 58.9 Å². The van der Waals surface area contributed by atoms with Crippen LogP contribution in [0.3, 0.4) is 0 Å². The summed E-state index contributed by atoms with van der Waals surface area (Å²) in [6.45, 7) is 10.1. The summed E-state index contributed by atoms with van der Waals surface area (Å²) in [5, 5.41) is 10.4. The lowest BCUT2D eigenvalue weighted by Crippen LogP contribution is -2.49. The van der Waals surface area contributed by atoms with Crippen LogP contribution in [0.25, 0.3) is 0 Å². The van der Waals surface area contributed by atoms with Gasteiger partial charge in [-0.05, 0) is 44.0 Å². The van der Waals surface area contributed by atoms with Crippen LogP contribution in [0.2, 0.25) is 0 Å². The molecule has 4 nitrogen and oxygen atoms in total. The minimum absolute atomic E-state index is 0. The Hall–Kier alpha value is -1.82. The van der Waals surface area contributed by atoms with Crippen molar-refractivity contribution in [2.24, 2.45) is 0 Å². The maximum Gasteiger partial charge on any atom is 0.146 e. The molecule has 0 saturated carbocycles. The molecule has 1 N–H and O–H groups in total. The van der Waals surface area contributed by atoms with Gasteiger partial charge < -0.3 is 14.7 Å². The molecule has 1 aliphatic rings. The fourth-order valence-corrected chi connectivity index (χ4v) is 3.80. The molecule has 0 bridgehead atoms. The van der Waals surface area contributed by atoms with Gasteiger partial charge in [-0.25, -0.2) is 4.39 Å². The summed E-state index contributed by atoms with van der Waals surface area (Å²) >= 11 is 0. The first kappa shape index (κ1) is 22.5. The zero-order valence-corrected chi connectivity index (χ0v) is 17.6. The number of para-hydroxylation sites is 1. The first-order valence-electron chi connectivity index (χ1n) is 9.54. The van der Waals surface area contributed by atoms with Crippen molar-refractivity contribution in [1.29, 1.82) is 0 Å². The van der Waals surface area contributed by atoms with Crippen molar-refractivity contribution in [2.45, 2.75) is 26.9 Å². The molecule has 1 unspecified atom stereocenters. The lowest BCUT2D eigenvalue weighted by Gasteiger charge is -2.37. The minimum atomic E-state index is -0.551. The number of rotatable bonds is 6. The molecule has 1 saturated heterocycles. The van der Waals surface area contributed by atoms with E-state index in [1.807, 2.05) is 26.0 Å². The van der Waals surface area contributed by atoms with E-state index < -0.39 is 6.10 Å². The molecule has 2 aromatic carbocycles. The van der Waals surface area contributed by atoms with Gasteiger partial charge in [0.25, 0.3) is 0 Å². The van der Waals surface area contributed by atoms with E-state index in [-0.39, 0.29) is 24.8 Å². The Balaban J connectivity index is 0.00000280. The molecule has 0 amide bonds. The second kappa shape index (κ2) is 10.1. The van der Waals surface area contributed by atoms with Crippen molar-refractivity contribution in [3.8, 4) is 5.75 Å². The number of ether oxygens (including phenoxy) is 1. The third kappa shape index (κ3) is 5.60. The molecular weight excluding hydrogens is 379 g/mol. The quantitative estimate of drug-likeness (QED) is 0.790. The third-order valence-electron chi connectivity index (χ3n) is 5.06. The number of benzene rings is 2. The zero-order chi connectivity index (χ0) is 19.4. The Labute approximate surface area is 173 Å². The topological polar surface area (TPSA) is 35.9 Å². The van der Waals surface area contributed by atoms with E-state index in [4.69, 9.17) is 4.74 Å². The van der Waals surface area contributed by atoms with Crippen LogP contribution in [0.15, 0.2) is 36.4 Å². The van der Waals surface area contributed by atoms with E-state index in [1.54, 1.807) is 6.07 Å². The van der Waals surface area contributed by atoms with Gasteiger partial charge in [0, 0.05) is 32.7 Å². The lowest BCUT2D eigenvalue weighted by atomic mass is 10.1. The smallest absolute Gasteiger partial charge is 0.146 e. The monoisotopic (exact) mass is 408 g/mol. The maximum absolute atomic E-state index is 13.9. The Morgan fingerprint density at radius 3 is 2.25 bits per heavy atom. The zero-order valence-electron chi connectivity index (χ0n) is 16.8. The van der Waals surface area contributed by atoms with Gasteiger partial charge in [0.2, 0.25) is 0 Å². The van der Waals surface area contributed by atoms with E-state index >= 15 is 0 Å². The molecule has 0 spiro atoms. The molecule has 28 heavy (non-hydrogen) atoms. The summed E-state index contributed by atoms with van der Waals surface area (Å²) in [6, 6.07) is 11.1. The van der Waals surface area contributed by atoms with Gasteiger partial charge in [-0.2, -0.15) is 0 Å². The molecule has 0 aromatic heterocycles. The molecule has 1 aliphatic heterocycles. The summed E-state index contributed by atoms with van der Waals surface area (Å²) in [5.41, 5.74) is 4.06. The highest BCUT2D eigenvalue weighted by molar-refractivity contribution is 5.85. The molecule has 6 heteroatoms. The van der Waals surface area contributed by atoms with Gasteiger partial charge in [0.05, 0.1) is 5.69 Å². The predicted octanol–water partition coefficient (Wildman–Crippen LogP) is 3.73. The van der Waals surface area contributed by atoms with Gasteiger partial charge in [-0.15, -0.1) is 12.4 Å². The van der Waals surface area contributed by atoms with Gasteiger partial charge in [0.1, 0.15) is 24.3 Å². The number of aryl methyl sites for hydroxylation is 3. The summed E-state index contributed by atoms with van der Waals surface area (Å²) in [4.78, 5) is 4.27. The van der Waals surface area contributed by atoms with Crippen LogP contribution in [-0.2, 0) is 0 Å². The van der Waals surface area contributed by atoms with Gasteiger partial charge in [-0.3, -0.25) is 4.90 Å². The van der Waals surface area contributed by atoms with Gasteiger partial charge in [0.15, 0.2) is 0 Å². The number of aliphatic hydroxyl groups excluding tert-OH is 1. The molecule has 1 atom stereocenters. The number of hydrogen-bond donors (Lipinski definition) is 1. The Morgan fingerprint density at radius 1 is 1.04 bits per heavy atom. The van der Waals surface area contributed by atoms with Gasteiger partial charge >= 0.3 is 0 Å². The van der Waals surface area contributed by atoms with Crippen molar-refractivity contribution < 1.29 is 14.2 Å². The van der Waals surface area contributed by atoms with Crippen LogP contribution in [0.1, 0.15) is 16.7 Å². The Kier molecular flexibility index (Phi) is 8.10. The minimum Gasteiger partial charge on any atom is -0.490 e. The van der Waals surface area contributed by atoms with Crippen molar-refractivity contribution in [3.63, 3.8) is 0 Å². The van der Waals surface area contributed by atoms with E-state index in [1.165, 1.54) is 11.6 Å². The average Bonchev–Trinajstić information content (AvgIpc) is 2.62. The largest absolute Gasteiger partial charge is 0.490 e. The van der Waals surface area contributed by atoms with Crippen molar-refractivity contribution in [1.82, 2.24) is 4.90 Å². The Morgan fingerprint density at radius 2 is 1.64 bits per heavy atom. The molecule has 0 radical (unpaired) electrons. The summed E-state index contributed by atoms with van der Waals surface area (Å²) in [7, 11) is 0. The Bertz CT molecular complexity index is 756. The normalized spacial score (nSPS) is 15.8. The number of piperazine rings is 1. The molecule has 2 aromatic rings. The van der Waals surface area contributed by atoms with Crippen LogP contribution in [0, 0.1) is 26.6 Å². The average molecular weight is 409 g/mol. The summed E-state index contributed by atoms with van der Waals surface area (Å²) in [5.74, 6) is 0.687. The fourth-order valence-electron chi connectivity index (χ4n) is 3.80. The van der Waals surface area contributed by atoms with Crippen LogP contribution in [0.5, 0.6) is 5.75 Å². The van der Waals surface area contributed by atoms with E-state index in [0.717, 1.165) is 43.1 Å². The molecule has 154 valence electrons. The van der Waals surface area contributed by atoms with E-state index in [9.17, 15) is 9.50 Å². The highest BCUT2D eigenvalue weighted by Gasteiger charge is 2.21. The first-order chi connectivity index (χ1) is 12.9. The second-order valence-corrected chi connectivity index (χ2v) is 7.43. The molecule has 3 rings (SSSR count). The van der Waals surface area contributed by atoms with Gasteiger partial charge in [-0.1, -0.05) is 29.8 Å². The molecule has 1 heterocycles. The second-order valence-electron chi connectivity index (χ2n) is 7.43. The first-order valence-corrected chi connectivity index (χ1v) is 9.54. The fraction of sp³-hybridized carbons (Fsp3) is 0.455. The number of anilines is 1. The summed E-state index contributed by atoms with van der Waals surface area (Å²) in [6.07, 6.45) is -0.551. The van der Waals surface area contributed by atoms with E-state index in [0.29, 0.717) is 12.2 Å². The van der Waals surface area contributed by atoms with Crippen LogP contribution >= 0.6 is 12.4 Å². The standard InChI is InChI=1S/C22H29FN2O2.ClH/c1-16-12-17(2)22(18(3)13-16)27-15-19(26)14-24-8-10-25(11-9-24)21-7-5-4-6-20(21)23;/h4-7,12-13,19,26H,8-11,14-15H2,1-3H3;1H. The van der Waals surface area contributed by atoms with Crippen molar-refractivity contribution in [2.75, 3.05) is 44.2 Å².